The summed E-state index contributed by atoms with van der Waals surface area (Å²) in [5, 5.41) is 29.6. The Hall–Kier alpha value is -2.61. The maximum Gasteiger partial charge on any atom is 0.253 e. The number of amides is 1. The molecule has 36 heavy (non-hydrogen) atoms. The zero-order valence-corrected chi connectivity index (χ0v) is 20.9. The summed E-state index contributed by atoms with van der Waals surface area (Å²) in [6, 6.07) is 11.5. The number of carbonyl (C=O) groups excluding carboxylic acids is 1. The number of thiophene rings is 1. The zero-order valence-electron chi connectivity index (χ0n) is 20.1. The number of piperidine rings is 1. The van der Waals surface area contributed by atoms with Gasteiger partial charge in [-0.25, -0.2) is 0 Å². The van der Waals surface area contributed by atoms with Gasteiger partial charge < -0.3 is 20.3 Å². The standard InChI is InChI=1S/C29H30N2O4S/c32-21-8-7-17-13-23-29(34)10-9-20(30-27(33)19-15-36-22-4-2-1-3-18(19)22)26-28(29,24(17)25(21)35-26)11-12-31(23)14-16-5-6-16/h1-4,7-8,15-16,20,23,26,32,34H,5-6,9-14H2,(H,30,33)/t20-,23-,26+,28+,29-/m1/s1. The van der Waals surface area contributed by atoms with E-state index in [1.165, 1.54) is 18.4 Å². The lowest BCUT2D eigenvalue weighted by molar-refractivity contribution is -0.191. The van der Waals surface area contributed by atoms with Gasteiger partial charge in [0.05, 0.1) is 22.6 Å². The van der Waals surface area contributed by atoms with Crippen LogP contribution >= 0.6 is 11.3 Å². The maximum atomic E-state index is 13.5. The molecule has 2 aliphatic heterocycles. The molecule has 1 amide bonds. The van der Waals surface area contributed by atoms with Crippen LogP contribution in [0.2, 0.25) is 0 Å². The lowest BCUT2D eigenvalue weighted by Crippen LogP contribution is -2.78. The normalized spacial score (nSPS) is 34.3. The minimum Gasteiger partial charge on any atom is -0.504 e. The molecule has 6 nitrogen and oxygen atoms in total. The smallest absolute Gasteiger partial charge is 0.253 e. The van der Waals surface area contributed by atoms with Gasteiger partial charge >= 0.3 is 0 Å². The van der Waals surface area contributed by atoms with Gasteiger partial charge in [0.25, 0.3) is 5.91 Å². The average Bonchev–Trinajstić information content (AvgIpc) is 3.46. The molecule has 2 aromatic carbocycles. The fraction of sp³-hybridized carbons (Fsp3) is 0.483. The first-order valence-electron chi connectivity index (χ1n) is 13.2. The van der Waals surface area contributed by atoms with Gasteiger partial charge in [-0.1, -0.05) is 24.3 Å². The van der Waals surface area contributed by atoms with Crippen molar-refractivity contribution in [2.45, 2.75) is 67.7 Å². The molecule has 0 radical (unpaired) electrons. The number of hydrogen-bond acceptors (Lipinski definition) is 6. The Labute approximate surface area is 213 Å². The largest absolute Gasteiger partial charge is 0.504 e. The Balaban J connectivity index is 1.20. The maximum absolute atomic E-state index is 13.5. The molecule has 186 valence electrons. The molecule has 3 aromatic rings. The summed E-state index contributed by atoms with van der Waals surface area (Å²) >= 11 is 1.58. The number of likely N-dealkylation sites (tertiary alicyclic amines) is 1. The number of nitrogens with one attached hydrogen (secondary N) is 1. The highest BCUT2D eigenvalue weighted by Crippen LogP contribution is 2.65. The van der Waals surface area contributed by atoms with Crippen LogP contribution in [0, 0.1) is 5.92 Å². The number of aromatic hydroxyl groups is 1. The Bertz CT molecular complexity index is 1420. The molecule has 1 saturated heterocycles. The van der Waals surface area contributed by atoms with Crippen molar-refractivity contribution in [2.75, 3.05) is 13.1 Å². The minimum absolute atomic E-state index is 0.0402. The number of nitrogens with zero attached hydrogens (tertiary/aromatic N) is 1. The third kappa shape index (κ3) is 2.66. The molecule has 3 fully saturated rings. The predicted molar refractivity (Wildman–Crippen MR) is 138 cm³/mol. The molecule has 8 rings (SSSR count). The summed E-state index contributed by atoms with van der Waals surface area (Å²) in [7, 11) is 0. The number of carbonyl (C=O) groups is 1. The van der Waals surface area contributed by atoms with Crippen LogP contribution in [0.15, 0.2) is 41.8 Å². The van der Waals surface area contributed by atoms with Crippen LogP contribution in [0.1, 0.15) is 53.6 Å². The van der Waals surface area contributed by atoms with E-state index in [9.17, 15) is 15.0 Å². The number of phenols is 1. The van der Waals surface area contributed by atoms with E-state index in [0.717, 1.165) is 47.5 Å². The quantitative estimate of drug-likeness (QED) is 0.503. The molecule has 1 aromatic heterocycles. The van der Waals surface area contributed by atoms with Crippen LogP contribution in [-0.4, -0.2) is 57.9 Å². The van der Waals surface area contributed by atoms with Crippen LogP contribution < -0.4 is 10.1 Å². The molecule has 3 N–H and O–H groups in total. The number of ether oxygens (including phenoxy) is 1. The van der Waals surface area contributed by atoms with E-state index in [1.54, 1.807) is 17.4 Å². The summed E-state index contributed by atoms with van der Waals surface area (Å²) in [5.41, 5.74) is 1.31. The van der Waals surface area contributed by atoms with E-state index in [2.05, 4.69) is 10.2 Å². The lowest BCUT2D eigenvalue weighted by Gasteiger charge is -2.64. The average molecular weight is 503 g/mol. The first-order chi connectivity index (χ1) is 17.5. The van der Waals surface area contributed by atoms with Crippen molar-refractivity contribution in [1.82, 2.24) is 10.2 Å². The molecule has 2 saturated carbocycles. The van der Waals surface area contributed by atoms with Crippen molar-refractivity contribution in [3.05, 3.63) is 58.5 Å². The lowest BCUT2D eigenvalue weighted by atomic mass is 9.48. The van der Waals surface area contributed by atoms with Crippen LogP contribution in [0.4, 0.5) is 0 Å². The van der Waals surface area contributed by atoms with E-state index in [-0.39, 0.29) is 23.7 Å². The molecule has 3 aliphatic carbocycles. The summed E-state index contributed by atoms with van der Waals surface area (Å²) < 4.78 is 7.67. The van der Waals surface area contributed by atoms with E-state index in [4.69, 9.17) is 4.74 Å². The molecule has 5 atom stereocenters. The summed E-state index contributed by atoms with van der Waals surface area (Å²) in [6.07, 6.45) is 4.99. The van der Waals surface area contributed by atoms with Gasteiger partial charge in [0.15, 0.2) is 11.5 Å². The Morgan fingerprint density at radius 2 is 2.03 bits per heavy atom. The second-order valence-electron chi connectivity index (χ2n) is 11.6. The van der Waals surface area contributed by atoms with E-state index >= 15 is 0 Å². The van der Waals surface area contributed by atoms with Gasteiger partial charge in [-0.05, 0) is 68.7 Å². The van der Waals surface area contributed by atoms with Crippen LogP contribution in [0.3, 0.4) is 0 Å². The molecule has 7 heteroatoms. The molecular weight excluding hydrogens is 472 g/mol. The summed E-state index contributed by atoms with van der Waals surface area (Å²) in [5.74, 6) is 1.31. The molecule has 1 spiro atoms. The SMILES string of the molecule is O=C(N[C@@H]1CC[C@@]2(O)[C@H]3Cc4ccc(O)c5c4[C@@]2(CCN3CC2CC2)[C@H]1O5)c1csc2ccccc12. The van der Waals surface area contributed by atoms with Crippen molar-refractivity contribution in [2.24, 2.45) is 5.92 Å². The van der Waals surface area contributed by atoms with Gasteiger partial charge in [-0.2, -0.15) is 0 Å². The molecule has 2 bridgehead atoms. The predicted octanol–water partition coefficient (Wildman–Crippen LogP) is 3.97. The summed E-state index contributed by atoms with van der Waals surface area (Å²) in [4.78, 5) is 16.1. The second kappa shape index (κ2) is 7.24. The number of rotatable bonds is 4. The molecule has 0 unspecified atom stereocenters. The first kappa shape index (κ1) is 21.5. The number of aliphatic hydroxyl groups is 1. The van der Waals surface area contributed by atoms with Crippen molar-refractivity contribution in [3.63, 3.8) is 0 Å². The van der Waals surface area contributed by atoms with Crippen molar-refractivity contribution < 1.29 is 19.7 Å². The Morgan fingerprint density at radius 1 is 1.17 bits per heavy atom. The topological polar surface area (TPSA) is 82.0 Å². The van der Waals surface area contributed by atoms with Gasteiger partial charge in [-0.15, -0.1) is 11.3 Å². The third-order valence-electron chi connectivity index (χ3n) is 9.80. The third-order valence-corrected chi connectivity index (χ3v) is 10.8. The highest BCUT2D eigenvalue weighted by molar-refractivity contribution is 7.17. The van der Waals surface area contributed by atoms with Crippen LogP contribution in [0.5, 0.6) is 11.5 Å². The van der Waals surface area contributed by atoms with E-state index < -0.39 is 17.1 Å². The number of phenolic OH excluding ortho intramolecular Hbond substituents is 1. The second-order valence-corrected chi connectivity index (χ2v) is 12.5. The van der Waals surface area contributed by atoms with Gasteiger partial charge in [-0.3, -0.25) is 9.69 Å². The summed E-state index contributed by atoms with van der Waals surface area (Å²) in [6.45, 7) is 1.97. The fourth-order valence-electron chi connectivity index (χ4n) is 8.03. The van der Waals surface area contributed by atoms with Crippen molar-refractivity contribution in [3.8, 4) is 11.5 Å². The van der Waals surface area contributed by atoms with Crippen LogP contribution in [0.25, 0.3) is 10.1 Å². The zero-order chi connectivity index (χ0) is 24.2. The molecule has 5 aliphatic rings. The monoisotopic (exact) mass is 502 g/mol. The number of benzene rings is 2. The van der Waals surface area contributed by atoms with E-state index in [0.29, 0.717) is 24.2 Å². The van der Waals surface area contributed by atoms with Crippen molar-refractivity contribution >= 4 is 27.3 Å². The first-order valence-corrected chi connectivity index (χ1v) is 14.1. The highest BCUT2D eigenvalue weighted by atomic mass is 32.1. The van der Waals surface area contributed by atoms with Gasteiger partial charge in [0.1, 0.15) is 6.10 Å². The molecular formula is C29H30N2O4S. The number of fused-ring (bicyclic) bond motifs is 1. The van der Waals surface area contributed by atoms with Crippen LogP contribution in [-0.2, 0) is 11.8 Å². The highest BCUT2D eigenvalue weighted by Gasteiger charge is 2.73. The Kier molecular flexibility index (Phi) is 4.32. The van der Waals surface area contributed by atoms with Gasteiger partial charge in [0, 0.05) is 33.6 Å². The Morgan fingerprint density at radius 3 is 2.89 bits per heavy atom. The van der Waals surface area contributed by atoms with Gasteiger partial charge in [0.2, 0.25) is 0 Å². The molecule has 3 heterocycles. The van der Waals surface area contributed by atoms with Crippen molar-refractivity contribution in [1.29, 1.82) is 0 Å². The van der Waals surface area contributed by atoms with E-state index in [1.807, 2.05) is 35.7 Å². The number of hydrogen-bond donors (Lipinski definition) is 3. The minimum atomic E-state index is -0.937. The fourth-order valence-corrected chi connectivity index (χ4v) is 8.97.